The Balaban J connectivity index is 2.11. The van der Waals surface area contributed by atoms with E-state index in [0.717, 1.165) is 11.0 Å². The van der Waals surface area contributed by atoms with Crippen molar-refractivity contribution < 1.29 is 8.78 Å². The summed E-state index contributed by atoms with van der Waals surface area (Å²) in [5.41, 5.74) is 1.56. The molecule has 2 aromatic carbocycles. The Morgan fingerprint density at radius 3 is 2.65 bits per heavy atom. The van der Waals surface area contributed by atoms with Gasteiger partial charge in [0.1, 0.15) is 11.6 Å². The molecule has 0 amide bonds. The Bertz CT molecular complexity index is 586. The molecule has 106 valence electrons. The van der Waals surface area contributed by atoms with Gasteiger partial charge in [-0.15, -0.1) is 11.8 Å². The summed E-state index contributed by atoms with van der Waals surface area (Å²) in [7, 11) is 1.76. The Kier molecular flexibility index (Phi) is 5.15. The molecule has 0 aliphatic heterocycles. The number of benzene rings is 2. The zero-order valence-corrected chi connectivity index (χ0v) is 12.3. The van der Waals surface area contributed by atoms with E-state index in [2.05, 4.69) is 11.4 Å². The van der Waals surface area contributed by atoms with Crippen molar-refractivity contribution in [2.24, 2.45) is 0 Å². The fourth-order valence-corrected chi connectivity index (χ4v) is 3.14. The van der Waals surface area contributed by atoms with Gasteiger partial charge in [0.25, 0.3) is 0 Å². The molecule has 1 atom stereocenters. The molecule has 0 heterocycles. The second-order valence-corrected chi connectivity index (χ2v) is 5.73. The van der Waals surface area contributed by atoms with Crippen LogP contribution in [0.25, 0.3) is 0 Å². The summed E-state index contributed by atoms with van der Waals surface area (Å²) < 4.78 is 27.0. The molecule has 0 aliphatic rings. The number of thioether (sulfide) groups is 1. The zero-order valence-electron chi connectivity index (χ0n) is 11.5. The van der Waals surface area contributed by atoms with E-state index >= 15 is 0 Å². The second-order valence-electron chi connectivity index (χ2n) is 4.63. The summed E-state index contributed by atoms with van der Waals surface area (Å²) >= 11 is 1.63. The lowest BCUT2D eigenvalue weighted by molar-refractivity contribution is 0.549. The molecule has 4 heteroatoms. The SMILES string of the molecule is CNC(CSc1cccc(C)c1)c1cc(F)ccc1F. The van der Waals surface area contributed by atoms with Crippen molar-refractivity contribution in [2.45, 2.75) is 17.9 Å². The number of hydrogen-bond acceptors (Lipinski definition) is 2. The predicted octanol–water partition coefficient (Wildman–Crippen LogP) is 4.33. The van der Waals surface area contributed by atoms with E-state index in [4.69, 9.17) is 0 Å². The van der Waals surface area contributed by atoms with Gasteiger partial charge in [-0.05, 0) is 44.3 Å². The molecule has 2 aromatic rings. The first-order valence-electron chi connectivity index (χ1n) is 6.42. The second kappa shape index (κ2) is 6.86. The first-order valence-corrected chi connectivity index (χ1v) is 7.40. The van der Waals surface area contributed by atoms with Crippen LogP contribution in [-0.2, 0) is 0 Å². The molecule has 1 unspecified atom stereocenters. The van der Waals surface area contributed by atoms with E-state index in [1.165, 1.54) is 17.7 Å². The van der Waals surface area contributed by atoms with E-state index in [0.29, 0.717) is 11.3 Å². The van der Waals surface area contributed by atoms with E-state index in [9.17, 15) is 8.78 Å². The van der Waals surface area contributed by atoms with Gasteiger partial charge in [0, 0.05) is 22.3 Å². The predicted molar refractivity (Wildman–Crippen MR) is 80.1 cm³/mol. The molecule has 0 saturated heterocycles. The summed E-state index contributed by atoms with van der Waals surface area (Å²) in [4.78, 5) is 1.13. The highest BCUT2D eigenvalue weighted by atomic mass is 32.2. The maximum atomic E-state index is 13.8. The fraction of sp³-hybridized carbons (Fsp3) is 0.250. The molecule has 0 spiro atoms. The summed E-state index contributed by atoms with van der Waals surface area (Å²) in [6.07, 6.45) is 0. The molecular weight excluding hydrogens is 276 g/mol. The average molecular weight is 293 g/mol. The van der Waals surface area contributed by atoms with Crippen LogP contribution in [0.2, 0.25) is 0 Å². The number of hydrogen-bond donors (Lipinski definition) is 1. The van der Waals surface area contributed by atoms with Crippen molar-refractivity contribution in [3.05, 3.63) is 65.2 Å². The zero-order chi connectivity index (χ0) is 14.5. The maximum absolute atomic E-state index is 13.8. The number of halogens is 2. The van der Waals surface area contributed by atoms with Crippen LogP contribution in [0.3, 0.4) is 0 Å². The van der Waals surface area contributed by atoms with Crippen LogP contribution in [0.1, 0.15) is 17.2 Å². The minimum Gasteiger partial charge on any atom is -0.312 e. The van der Waals surface area contributed by atoms with Gasteiger partial charge in [-0.25, -0.2) is 8.78 Å². The maximum Gasteiger partial charge on any atom is 0.128 e. The van der Waals surface area contributed by atoms with Crippen molar-refractivity contribution >= 4 is 11.8 Å². The summed E-state index contributed by atoms with van der Waals surface area (Å²) in [5.74, 6) is -0.154. The lowest BCUT2D eigenvalue weighted by Crippen LogP contribution is -2.20. The first-order chi connectivity index (χ1) is 9.60. The Morgan fingerprint density at radius 2 is 1.95 bits per heavy atom. The van der Waals surface area contributed by atoms with Gasteiger partial charge in [0.2, 0.25) is 0 Å². The lowest BCUT2D eigenvalue weighted by Gasteiger charge is -2.17. The summed E-state index contributed by atoms with van der Waals surface area (Å²) in [6, 6.07) is 11.5. The highest BCUT2D eigenvalue weighted by Gasteiger charge is 2.15. The summed E-state index contributed by atoms with van der Waals surface area (Å²) in [5, 5.41) is 3.04. The van der Waals surface area contributed by atoms with Crippen LogP contribution in [0.4, 0.5) is 8.78 Å². The normalized spacial score (nSPS) is 12.4. The molecule has 0 bridgehead atoms. The van der Waals surface area contributed by atoms with Crippen LogP contribution < -0.4 is 5.32 Å². The molecule has 0 fully saturated rings. The molecule has 0 radical (unpaired) electrons. The molecule has 0 saturated carbocycles. The van der Waals surface area contributed by atoms with E-state index in [1.807, 2.05) is 25.1 Å². The van der Waals surface area contributed by atoms with Crippen molar-refractivity contribution in [3.63, 3.8) is 0 Å². The standard InChI is InChI=1S/C16H17F2NS/c1-11-4-3-5-13(8-11)20-10-16(19-2)14-9-12(17)6-7-15(14)18/h3-9,16,19H,10H2,1-2H3. The van der Waals surface area contributed by atoms with Crippen LogP contribution in [0.5, 0.6) is 0 Å². The van der Waals surface area contributed by atoms with Crippen molar-refractivity contribution in [3.8, 4) is 0 Å². The summed E-state index contributed by atoms with van der Waals surface area (Å²) in [6.45, 7) is 2.03. The first kappa shape index (κ1) is 15.0. The Hall–Kier alpha value is -1.39. The minimum atomic E-state index is -0.415. The van der Waals surface area contributed by atoms with Crippen LogP contribution in [0, 0.1) is 18.6 Å². The third-order valence-electron chi connectivity index (χ3n) is 3.09. The van der Waals surface area contributed by atoms with Crippen molar-refractivity contribution in [1.82, 2.24) is 5.32 Å². The molecule has 0 aliphatic carbocycles. The molecule has 0 aromatic heterocycles. The van der Waals surface area contributed by atoms with E-state index < -0.39 is 5.82 Å². The lowest BCUT2D eigenvalue weighted by atomic mass is 10.1. The monoisotopic (exact) mass is 293 g/mol. The van der Waals surface area contributed by atoms with Gasteiger partial charge in [0.15, 0.2) is 0 Å². The third kappa shape index (κ3) is 3.81. The van der Waals surface area contributed by atoms with Crippen LogP contribution in [-0.4, -0.2) is 12.8 Å². The quantitative estimate of drug-likeness (QED) is 0.824. The number of nitrogens with one attached hydrogen (secondary N) is 1. The number of aryl methyl sites for hydroxylation is 1. The Morgan fingerprint density at radius 1 is 1.15 bits per heavy atom. The van der Waals surface area contributed by atoms with Gasteiger partial charge in [0.05, 0.1) is 0 Å². The van der Waals surface area contributed by atoms with Crippen molar-refractivity contribution in [1.29, 1.82) is 0 Å². The topological polar surface area (TPSA) is 12.0 Å². The largest absolute Gasteiger partial charge is 0.312 e. The average Bonchev–Trinajstić information content (AvgIpc) is 2.43. The number of rotatable bonds is 5. The minimum absolute atomic E-state index is 0.226. The molecular formula is C16H17F2NS. The molecule has 20 heavy (non-hydrogen) atoms. The highest BCUT2D eigenvalue weighted by Crippen LogP contribution is 2.27. The van der Waals surface area contributed by atoms with Gasteiger partial charge in [-0.1, -0.05) is 17.7 Å². The van der Waals surface area contributed by atoms with Gasteiger partial charge in [-0.2, -0.15) is 0 Å². The smallest absolute Gasteiger partial charge is 0.128 e. The van der Waals surface area contributed by atoms with Gasteiger partial charge >= 0.3 is 0 Å². The van der Waals surface area contributed by atoms with Crippen molar-refractivity contribution in [2.75, 3.05) is 12.8 Å². The Labute approximate surface area is 122 Å². The molecule has 1 nitrogen and oxygen atoms in total. The van der Waals surface area contributed by atoms with Crippen LogP contribution in [0.15, 0.2) is 47.4 Å². The van der Waals surface area contributed by atoms with Crippen LogP contribution >= 0.6 is 11.8 Å². The molecule has 2 rings (SSSR count). The van der Waals surface area contributed by atoms with Gasteiger partial charge in [-0.3, -0.25) is 0 Å². The third-order valence-corrected chi connectivity index (χ3v) is 4.18. The van der Waals surface area contributed by atoms with E-state index in [1.54, 1.807) is 18.8 Å². The highest BCUT2D eigenvalue weighted by molar-refractivity contribution is 7.99. The van der Waals surface area contributed by atoms with Gasteiger partial charge < -0.3 is 5.32 Å². The van der Waals surface area contributed by atoms with E-state index in [-0.39, 0.29) is 11.9 Å². The fourth-order valence-electron chi connectivity index (χ4n) is 1.99. The molecule has 1 N–H and O–H groups in total.